The molecule has 1 aliphatic heterocycles. The summed E-state index contributed by atoms with van der Waals surface area (Å²) in [7, 11) is 0. The van der Waals surface area contributed by atoms with Crippen molar-refractivity contribution in [2.24, 2.45) is 0 Å². The predicted octanol–water partition coefficient (Wildman–Crippen LogP) is 1.31. The van der Waals surface area contributed by atoms with E-state index in [1.165, 1.54) is 12.8 Å². The highest BCUT2D eigenvalue weighted by molar-refractivity contribution is 5.77. The Hall–Kier alpha value is -1.43. The highest BCUT2D eigenvalue weighted by atomic mass is 16.3. The topological polar surface area (TPSA) is 71.2 Å². The molecular weight excluding hydrogens is 268 g/mol. The number of carbonyl (C=O) groups is 1. The van der Waals surface area contributed by atoms with Crippen molar-refractivity contribution in [1.82, 2.24) is 19.9 Å². The van der Waals surface area contributed by atoms with E-state index in [-0.39, 0.29) is 18.4 Å². The van der Waals surface area contributed by atoms with Crippen LogP contribution in [0.2, 0.25) is 0 Å². The Balaban J connectivity index is 1.61. The Bertz CT molecular complexity index is 516. The fraction of sp³-hybridized carbons (Fsp3) is 0.800. The van der Waals surface area contributed by atoms with Gasteiger partial charge in [-0.2, -0.15) is 0 Å². The maximum Gasteiger partial charge on any atom is 0.225 e. The zero-order valence-corrected chi connectivity index (χ0v) is 12.8. The third-order valence-electron chi connectivity index (χ3n) is 4.23. The minimum atomic E-state index is -0.948. The second-order valence-corrected chi connectivity index (χ2v) is 7.01. The highest BCUT2D eigenvalue weighted by Gasteiger charge is 2.32. The Kier molecular flexibility index (Phi) is 3.73. The van der Waals surface area contributed by atoms with E-state index >= 15 is 0 Å². The van der Waals surface area contributed by atoms with Gasteiger partial charge in [0.05, 0.1) is 30.3 Å². The lowest BCUT2D eigenvalue weighted by Gasteiger charge is -2.27. The SMILES string of the molecule is CC(C)(O)CC(=O)N1CCC[C@H]1Cn1cc(C2CC2)nn1. The Morgan fingerprint density at radius 3 is 2.86 bits per heavy atom. The quantitative estimate of drug-likeness (QED) is 0.888. The van der Waals surface area contributed by atoms with Crippen LogP contribution in [0.5, 0.6) is 0 Å². The minimum Gasteiger partial charge on any atom is -0.390 e. The number of rotatable bonds is 5. The van der Waals surface area contributed by atoms with Gasteiger partial charge >= 0.3 is 0 Å². The number of likely N-dealkylation sites (tertiary alicyclic amines) is 1. The second kappa shape index (κ2) is 5.40. The van der Waals surface area contributed by atoms with Crippen molar-refractivity contribution < 1.29 is 9.90 Å². The Labute approximate surface area is 125 Å². The Morgan fingerprint density at radius 1 is 1.43 bits per heavy atom. The van der Waals surface area contributed by atoms with Crippen LogP contribution in [0, 0.1) is 0 Å². The molecule has 0 spiro atoms. The number of carbonyl (C=O) groups excluding carboxylic acids is 1. The van der Waals surface area contributed by atoms with Crippen molar-refractivity contribution in [3.8, 4) is 0 Å². The van der Waals surface area contributed by atoms with Gasteiger partial charge in [-0.1, -0.05) is 5.21 Å². The summed E-state index contributed by atoms with van der Waals surface area (Å²) in [6.07, 6.45) is 6.65. The number of nitrogens with zero attached hydrogens (tertiary/aromatic N) is 4. The van der Waals surface area contributed by atoms with Gasteiger partial charge < -0.3 is 10.0 Å². The van der Waals surface area contributed by atoms with Gasteiger partial charge in [-0.05, 0) is 39.5 Å². The van der Waals surface area contributed by atoms with Crippen LogP contribution < -0.4 is 0 Å². The fourth-order valence-electron chi connectivity index (χ4n) is 3.01. The molecular formula is C15H24N4O2. The molecule has 0 unspecified atom stereocenters. The number of aromatic nitrogens is 3. The molecule has 2 fully saturated rings. The lowest BCUT2D eigenvalue weighted by atomic mass is 10.0. The zero-order valence-electron chi connectivity index (χ0n) is 12.8. The first kappa shape index (κ1) is 14.5. The van der Waals surface area contributed by atoms with Crippen LogP contribution in [-0.2, 0) is 11.3 Å². The molecule has 1 atom stereocenters. The molecule has 0 bridgehead atoms. The van der Waals surface area contributed by atoms with Gasteiger partial charge in [-0.25, -0.2) is 0 Å². The molecule has 0 radical (unpaired) electrons. The van der Waals surface area contributed by atoms with Gasteiger partial charge in [0.2, 0.25) is 5.91 Å². The monoisotopic (exact) mass is 292 g/mol. The number of amides is 1. The first-order valence-corrected chi connectivity index (χ1v) is 7.84. The molecule has 116 valence electrons. The molecule has 1 N–H and O–H groups in total. The fourth-order valence-corrected chi connectivity index (χ4v) is 3.01. The van der Waals surface area contributed by atoms with Crippen LogP contribution in [-0.4, -0.2) is 49.1 Å². The summed E-state index contributed by atoms with van der Waals surface area (Å²) < 4.78 is 1.87. The zero-order chi connectivity index (χ0) is 15.0. The van der Waals surface area contributed by atoms with Gasteiger partial charge in [-0.15, -0.1) is 5.10 Å². The van der Waals surface area contributed by atoms with E-state index in [1.54, 1.807) is 13.8 Å². The third-order valence-corrected chi connectivity index (χ3v) is 4.23. The van der Waals surface area contributed by atoms with Gasteiger partial charge in [0.25, 0.3) is 0 Å². The van der Waals surface area contributed by atoms with Crippen molar-refractivity contribution in [3.63, 3.8) is 0 Å². The summed E-state index contributed by atoms with van der Waals surface area (Å²) in [6.45, 7) is 4.84. The molecule has 2 heterocycles. The Morgan fingerprint density at radius 2 is 2.19 bits per heavy atom. The van der Waals surface area contributed by atoms with E-state index in [1.807, 2.05) is 15.8 Å². The molecule has 1 amide bonds. The van der Waals surface area contributed by atoms with Crippen molar-refractivity contribution in [2.45, 2.75) is 70.1 Å². The van der Waals surface area contributed by atoms with Crippen LogP contribution in [0.25, 0.3) is 0 Å². The molecule has 0 aromatic carbocycles. The molecule has 6 heteroatoms. The third kappa shape index (κ3) is 3.61. The average molecular weight is 292 g/mol. The average Bonchev–Trinajstić information content (AvgIpc) is 2.95. The van der Waals surface area contributed by atoms with Gasteiger partial charge in [0, 0.05) is 18.7 Å². The summed E-state index contributed by atoms with van der Waals surface area (Å²) in [5, 5.41) is 18.2. The van der Waals surface area contributed by atoms with Crippen LogP contribution in [0.15, 0.2) is 6.20 Å². The maximum atomic E-state index is 12.3. The van der Waals surface area contributed by atoms with Crippen molar-refractivity contribution in [3.05, 3.63) is 11.9 Å². The van der Waals surface area contributed by atoms with E-state index in [9.17, 15) is 9.90 Å². The summed E-state index contributed by atoms with van der Waals surface area (Å²) in [4.78, 5) is 14.2. The lowest BCUT2D eigenvalue weighted by molar-refractivity contribution is -0.136. The van der Waals surface area contributed by atoms with E-state index in [4.69, 9.17) is 0 Å². The van der Waals surface area contributed by atoms with Crippen molar-refractivity contribution in [2.75, 3.05) is 6.54 Å². The molecule has 1 saturated carbocycles. The van der Waals surface area contributed by atoms with Gasteiger partial charge in [-0.3, -0.25) is 9.48 Å². The van der Waals surface area contributed by atoms with E-state index in [0.717, 1.165) is 25.1 Å². The predicted molar refractivity (Wildman–Crippen MR) is 77.6 cm³/mol. The highest BCUT2D eigenvalue weighted by Crippen LogP contribution is 2.38. The van der Waals surface area contributed by atoms with E-state index < -0.39 is 5.60 Å². The van der Waals surface area contributed by atoms with E-state index in [0.29, 0.717) is 12.5 Å². The summed E-state index contributed by atoms with van der Waals surface area (Å²) in [5.41, 5.74) is 0.138. The van der Waals surface area contributed by atoms with Gasteiger partial charge in [0.15, 0.2) is 0 Å². The molecule has 1 aliphatic carbocycles. The maximum absolute atomic E-state index is 12.3. The number of hydrogen-bond donors (Lipinski definition) is 1. The minimum absolute atomic E-state index is 0.0348. The summed E-state index contributed by atoms with van der Waals surface area (Å²) in [5.74, 6) is 0.641. The van der Waals surface area contributed by atoms with Gasteiger partial charge in [0.1, 0.15) is 0 Å². The van der Waals surface area contributed by atoms with E-state index in [2.05, 4.69) is 10.3 Å². The van der Waals surface area contributed by atoms with Crippen LogP contribution >= 0.6 is 0 Å². The first-order chi connectivity index (χ1) is 9.92. The van der Waals surface area contributed by atoms with Crippen LogP contribution in [0.4, 0.5) is 0 Å². The normalized spacial score (nSPS) is 22.8. The van der Waals surface area contributed by atoms with Crippen LogP contribution in [0.1, 0.15) is 57.6 Å². The first-order valence-electron chi connectivity index (χ1n) is 7.84. The summed E-state index contributed by atoms with van der Waals surface area (Å²) in [6, 6.07) is 0.175. The molecule has 1 aromatic rings. The molecule has 6 nitrogen and oxygen atoms in total. The number of hydrogen-bond acceptors (Lipinski definition) is 4. The largest absolute Gasteiger partial charge is 0.390 e. The molecule has 1 saturated heterocycles. The molecule has 3 rings (SSSR count). The standard InChI is InChI=1S/C15H24N4O2/c1-15(2,21)8-14(20)19-7-3-4-12(19)9-18-10-13(16-17-18)11-5-6-11/h10-12,21H,3-9H2,1-2H3/t12-/m0/s1. The summed E-state index contributed by atoms with van der Waals surface area (Å²) >= 11 is 0. The van der Waals surface area contributed by atoms with Crippen molar-refractivity contribution in [1.29, 1.82) is 0 Å². The lowest BCUT2D eigenvalue weighted by Crippen LogP contribution is -2.41. The molecule has 1 aromatic heterocycles. The smallest absolute Gasteiger partial charge is 0.225 e. The number of aliphatic hydroxyl groups is 1. The van der Waals surface area contributed by atoms with Crippen molar-refractivity contribution >= 4 is 5.91 Å². The second-order valence-electron chi connectivity index (χ2n) is 7.01. The molecule has 21 heavy (non-hydrogen) atoms. The molecule has 2 aliphatic rings. The van der Waals surface area contributed by atoms with Crippen LogP contribution in [0.3, 0.4) is 0 Å².